The summed E-state index contributed by atoms with van der Waals surface area (Å²) in [6.07, 6.45) is 9.44. The molecule has 0 bridgehead atoms. The van der Waals surface area contributed by atoms with Gasteiger partial charge >= 0.3 is 0 Å². The van der Waals surface area contributed by atoms with Gasteiger partial charge in [0, 0.05) is 5.69 Å². The fourth-order valence-electron chi connectivity index (χ4n) is 4.23. The van der Waals surface area contributed by atoms with Crippen molar-refractivity contribution in [2.75, 3.05) is 0 Å². The molecule has 138 valence electrons. The molecule has 0 radical (unpaired) electrons. The van der Waals surface area contributed by atoms with Crippen LogP contribution in [0.3, 0.4) is 0 Å². The van der Waals surface area contributed by atoms with Gasteiger partial charge < -0.3 is 5.32 Å². The second-order valence-corrected chi connectivity index (χ2v) is 7.68. The zero-order chi connectivity index (χ0) is 18.1. The van der Waals surface area contributed by atoms with E-state index >= 15 is 0 Å². The molecule has 2 aliphatic carbocycles. The highest BCUT2D eigenvalue weighted by molar-refractivity contribution is 6.33. The van der Waals surface area contributed by atoms with Crippen molar-refractivity contribution in [2.45, 2.75) is 64.0 Å². The second kappa shape index (κ2) is 7.39. The number of rotatable bonds is 4. The van der Waals surface area contributed by atoms with Gasteiger partial charge in [0.05, 0.1) is 28.9 Å². The lowest BCUT2D eigenvalue weighted by Crippen LogP contribution is -2.24. The van der Waals surface area contributed by atoms with Gasteiger partial charge in [0.2, 0.25) is 0 Å². The third-order valence-corrected chi connectivity index (χ3v) is 5.87. The molecule has 0 atom stereocenters. The normalized spacial score (nSPS) is 17.3. The predicted octanol–water partition coefficient (Wildman–Crippen LogP) is 4.60. The standard InChI is InChI=1S/C20H23ClFN3O/c21-17-11-13(22)9-10-15(17)20(26)23-12-18-16-7-3-4-8-19(16)25(24-18)14-5-1-2-6-14/h9-11,14H,1-8,12H2,(H,23,26). The SMILES string of the molecule is O=C(NCc1nn(C2CCCC2)c2c1CCCC2)c1ccc(F)cc1Cl. The summed E-state index contributed by atoms with van der Waals surface area (Å²) in [4.78, 5) is 12.4. The highest BCUT2D eigenvalue weighted by Crippen LogP contribution is 2.34. The van der Waals surface area contributed by atoms with Crippen LogP contribution in [-0.4, -0.2) is 15.7 Å². The molecule has 1 N–H and O–H groups in total. The number of halogens is 2. The highest BCUT2D eigenvalue weighted by atomic mass is 35.5. The molecular formula is C20H23ClFN3O. The molecule has 26 heavy (non-hydrogen) atoms. The maximum atomic E-state index is 13.2. The molecule has 1 fully saturated rings. The minimum atomic E-state index is -0.448. The number of hydrogen-bond acceptors (Lipinski definition) is 2. The van der Waals surface area contributed by atoms with Gasteiger partial charge in [-0.15, -0.1) is 0 Å². The van der Waals surface area contributed by atoms with Crippen molar-refractivity contribution >= 4 is 17.5 Å². The summed E-state index contributed by atoms with van der Waals surface area (Å²) in [6.45, 7) is 0.384. The lowest BCUT2D eigenvalue weighted by Gasteiger charge is -2.18. The average Bonchev–Trinajstić information content (AvgIpc) is 3.27. The Bertz CT molecular complexity index is 827. The van der Waals surface area contributed by atoms with Gasteiger partial charge in [-0.2, -0.15) is 5.10 Å². The zero-order valence-electron chi connectivity index (χ0n) is 14.7. The topological polar surface area (TPSA) is 46.9 Å². The largest absolute Gasteiger partial charge is 0.346 e. The Balaban J connectivity index is 1.53. The first kappa shape index (κ1) is 17.5. The molecule has 1 heterocycles. The molecule has 2 aromatic rings. The van der Waals surface area contributed by atoms with Gasteiger partial charge in [0.15, 0.2) is 0 Å². The Kier molecular flexibility index (Phi) is 4.98. The Morgan fingerprint density at radius 1 is 1.23 bits per heavy atom. The minimum Gasteiger partial charge on any atom is -0.346 e. The summed E-state index contributed by atoms with van der Waals surface area (Å²) < 4.78 is 15.4. The number of carbonyl (C=O) groups is 1. The number of nitrogens with one attached hydrogen (secondary N) is 1. The molecular weight excluding hydrogens is 353 g/mol. The molecule has 0 spiro atoms. The lowest BCUT2D eigenvalue weighted by molar-refractivity contribution is 0.0950. The summed E-state index contributed by atoms with van der Waals surface area (Å²) in [5.74, 6) is -0.745. The summed E-state index contributed by atoms with van der Waals surface area (Å²) in [5.41, 5.74) is 3.94. The predicted molar refractivity (Wildman–Crippen MR) is 99.0 cm³/mol. The molecule has 1 saturated carbocycles. The Morgan fingerprint density at radius 2 is 2.00 bits per heavy atom. The maximum Gasteiger partial charge on any atom is 0.253 e. The molecule has 1 aromatic carbocycles. The van der Waals surface area contributed by atoms with E-state index in [1.807, 2.05) is 0 Å². The van der Waals surface area contributed by atoms with Gasteiger partial charge in [-0.25, -0.2) is 4.39 Å². The fourth-order valence-corrected chi connectivity index (χ4v) is 4.48. The van der Waals surface area contributed by atoms with Crippen molar-refractivity contribution in [2.24, 2.45) is 0 Å². The van der Waals surface area contributed by atoms with Gasteiger partial charge in [0.25, 0.3) is 5.91 Å². The van der Waals surface area contributed by atoms with Crippen LogP contribution in [0.2, 0.25) is 5.02 Å². The first-order valence-corrected chi connectivity index (χ1v) is 9.83. The van der Waals surface area contributed by atoms with Crippen LogP contribution in [0, 0.1) is 5.82 Å². The van der Waals surface area contributed by atoms with Gasteiger partial charge in [-0.3, -0.25) is 9.48 Å². The van der Waals surface area contributed by atoms with E-state index < -0.39 is 5.82 Å². The van der Waals surface area contributed by atoms with Crippen molar-refractivity contribution in [1.82, 2.24) is 15.1 Å². The molecule has 1 amide bonds. The monoisotopic (exact) mass is 375 g/mol. The van der Waals surface area contributed by atoms with Crippen molar-refractivity contribution in [1.29, 1.82) is 0 Å². The van der Waals surface area contributed by atoms with E-state index in [0.29, 0.717) is 12.6 Å². The van der Waals surface area contributed by atoms with E-state index in [1.165, 1.54) is 61.9 Å². The molecule has 1 aromatic heterocycles. The van der Waals surface area contributed by atoms with Crippen LogP contribution in [0.5, 0.6) is 0 Å². The third-order valence-electron chi connectivity index (χ3n) is 5.55. The van der Waals surface area contributed by atoms with Crippen LogP contribution in [0.15, 0.2) is 18.2 Å². The Labute approximate surface area is 157 Å². The van der Waals surface area contributed by atoms with E-state index in [2.05, 4.69) is 10.00 Å². The summed E-state index contributed by atoms with van der Waals surface area (Å²) in [7, 11) is 0. The molecule has 0 aliphatic heterocycles. The molecule has 4 nitrogen and oxygen atoms in total. The van der Waals surface area contributed by atoms with Crippen LogP contribution >= 0.6 is 11.6 Å². The van der Waals surface area contributed by atoms with Crippen molar-refractivity contribution in [3.8, 4) is 0 Å². The highest BCUT2D eigenvalue weighted by Gasteiger charge is 2.26. The summed E-state index contributed by atoms with van der Waals surface area (Å²) in [6, 6.07) is 4.34. The van der Waals surface area contributed by atoms with Crippen LogP contribution < -0.4 is 5.32 Å². The smallest absolute Gasteiger partial charge is 0.253 e. The molecule has 0 unspecified atom stereocenters. The number of hydrogen-bond donors (Lipinski definition) is 1. The number of amides is 1. The first-order valence-electron chi connectivity index (χ1n) is 9.46. The van der Waals surface area contributed by atoms with E-state index in [1.54, 1.807) is 0 Å². The first-order chi connectivity index (χ1) is 12.6. The fraction of sp³-hybridized carbons (Fsp3) is 0.500. The molecule has 6 heteroatoms. The van der Waals surface area contributed by atoms with Crippen molar-refractivity contribution < 1.29 is 9.18 Å². The van der Waals surface area contributed by atoms with E-state index in [9.17, 15) is 9.18 Å². The van der Waals surface area contributed by atoms with E-state index in [0.717, 1.165) is 24.6 Å². The minimum absolute atomic E-state index is 0.126. The number of carbonyl (C=O) groups excluding carboxylic acids is 1. The number of fused-ring (bicyclic) bond motifs is 1. The van der Waals surface area contributed by atoms with Gasteiger partial charge in [0.1, 0.15) is 5.82 Å². The van der Waals surface area contributed by atoms with Crippen LogP contribution in [0.1, 0.15) is 71.9 Å². The Hall–Kier alpha value is -1.88. The average molecular weight is 376 g/mol. The van der Waals surface area contributed by atoms with E-state index in [4.69, 9.17) is 16.7 Å². The second-order valence-electron chi connectivity index (χ2n) is 7.27. The molecule has 4 rings (SSSR count). The number of aromatic nitrogens is 2. The zero-order valence-corrected chi connectivity index (χ0v) is 15.5. The van der Waals surface area contributed by atoms with Crippen LogP contribution in [0.4, 0.5) is 4.39 Å². The number of benzene rings is 1. The number of nitrogens with zero attached hydrogens (tertiary/aromatic N) is 2. The molecule has 2 aliphatic rings. The van der Waals surface area contributed by atoms with E-state index in [-0.39, 0.29) is 16.5 Å². The summed E-state index contributed by atoms with van der Waals surface area (Å²) >= 11 is 5.99. The summed E-state index contributed by atoms with van der Waals surface area (Å²) in [5, 5.41) is 7.92. The Morgan fingerprint density at radius 3 is 2.77 bits per heavy atom. The van der Waals surface area contributed by atoms with Crippen LogP contribution in [0.25, 0.3) is 0 Å². The van der Waals surface area contributed by atoms with Crippen molar-refractivity contribution in [3.05, 3.63) is 51.6 Å². The van der Waals surface area contributed by atoms with Crippen LogP contribution in [-0.2, 0) is 19.4 Å². The quantitative estimate of drug-likeness (QED) is 0.848. The molecule has 0 saturated heterocycles. The third kappa shape index (κ3) is 3.37. The van der Waals surface area contributed by atoms with Gasteiger partial charge in [-0.05, 0) is 62.3 Å². The van der Waals surface area contributed by atoms with Gasteiger partial charge in [-0.1, -0.05) is 24.4 Å². The maximum absolute atomic E-state index is 13.2. The lowest BCUT2D eigenvalue weighted by atomic mass is 9.95. The van der Waals surface area contributed by atoms with Crippen molar-refractivity contribution in [3.63, 3.8) is 0 Å².